The van der Waals surface area contributed by atoms with Gasteiger partial charge in [0.15, 0.2) is 0 Å². The lowest BCUT2D eigenvalue weighted by atomic mass is 10.2. The highest BCUT2D eigenvalue weighted by molar-refractivity contribution is 5.76. The molecule has 0 atom stereocenters. The van der Waals surface area contributed by atoms with E-state index in [0.29, 0.717) is 31.0 Å². The molecule has 0 aliphatic carbocycles. The molecule has 0 aliphatic rings. The van der Waals surface area contributed by atoms with Gasteiger partial charge in [-0.3, -0.25) is 4.79 Å². The molecule has 5 heteroatoms. The van der Waals surface area contributed by atoms with Crippen molar-refractivity contribution in [3.8, 4) is 5.75 Å². The topological polar surface area (TPSA) is 73.6 Å². The Hall–Kier alpha value is -1.75. The van der Waals surface area contributed by atoms with Crippen LogP contribution in [-0.2, 0) is 16.1 Å². The minimum atomic E-state index is -0.0405. The van der Waals surface area contributed by atoms with E-state index in [1.807, 2.05) is 6.07 Å². The van der Waals surface area contributed by atoms with Crippen LogP contribution in [0.1, 0.15) is 12.0 Å². The van der Waals surface area contributed by atoms with Crippen molar-refractivity contribution in [1.82, 2.24) is 5.32 Å². The number of ether oxygens (including phenoxy) is 2. The Bertz CT molecular complexity index is 380. The van der Waals surface area contributed by atoms with Crippen LogP contribution in [0.25, 0.3) is 0 Å². The molecule has 0 unspecified atom stereocenters. The van der Waals surface area contributed by atoms with Crippen LogP contribution in [-0.4, -0.2) is 26.7 Å². The van der Waals surface area contributed by atoms with Crippen LogP contribution in [0.2, 0.25) is 0 Å². The fourth-order valence-electron chi connectivity index (χ4n) is 1.38. The van der Waals surface area contributed by atoms with E-state index in [1.165, 1.54) is 0 Å². The number of methoxy groups -OCH3 is 2. The molecule has 0 aliphatic heterocycles. The van der Waals surface area contributed by atoms with Gasteiger partial charge in [-0.2, -0.15) is 0 Å². The highest BCUT2D eigenvalue weighted by Gasteiger charge is 2.03. The molecule has 0 saturated carbocycles. The molecular weight excluding hydrogens is 220 g/mol. The fourth-order valence-corrected chi connectivity index (χ4v) is 1.38. The van der Waals surface area contributed by atoms with Crippen LogP contribution < -0.4 is 15.8 Å². The molecule has 1 aromatic carbocycles. The standard InChI is InChI=1S/C12H18N2O3/c1-16-6-5-12(15)14-8-9-3-4-11(17-2)10(13)7-9/h3-4,7H,5-6,8,13H2,1-2H3,(H,14,15). The van der Waals surface area contributed by atoms with Gasteiger partial charge in [-0.15, -0.1) is 0 Å². The number of nitrogens with one attached hydrogen (secondary N) is 1. The lowest BCUT2D eigenvalue weighted by molar-refractivity contribution is -0.122. The van der Waals surface area contributed by atoms with E-state index in [4.69, 9.17) is 15.2 Å². The minimum Gasteiger partial charge on any atom is -0.495 e. The Morgan fingerprint density at radius 3 is 2.76 bits per heavy atom. The number of carbonyl (C=O) groups excluding carboxylic acids is 1. The lowest BCUT2D eigenvalue weighted by Crippen LogP contribution is -2.23. The largest absolute Gasteiger partial charge is 0.495 e. The Morgan fingerprint density at radius 2 is 2.18 bits per heavy atom. The Labute approximate surface area is 101 Å². The van der Waals surface area contributed by atoms with Gasteiger partial charge in [-0.05, 0) is 17.7 Å². The Morgan fingerprint density at radius 1 is 1.41 bits per heavy atom. The number of benzene rings is 1. The summed E-state index contributed by atoms with van der Waals surface area (Å²) < 4.78 is 9.87. The fraction of sp³-hybridized carbons (Fsp3) is 0.417. The third-order valence-corrected chi connectivity index (χ3v) is 2.32. The summed E-state index contributed by atoms with van der Waals surface area (Å²) in [5, 5.41) is 2.78. The van der Waals surface area contributed by atoms with E-state index >= 15 is 0 Å². The number of anilines is 1. The molecule has 0 spiro atoms. The van der Waals surface area contributed by atoms with Gasteiger partial charge in [-0.25, -0.2) is 0 Å². The van der Waals surface area contributed by atoms with Gasteiger partial charge in [0, 0.05) is 20.1 Å². The van der Waals surface area contributed by atoms with Gasteiger partial charge in [0.1, 0.15) is 5.75 Å². The summed E-state index contributed by atoms with van der Waals surface area (Å²) in [7, 11) is 3.13. The summed E-state index contributed by atoms with van der Waals surface area (Å²) in [5.74, 6) is 0.598. The van der Waals surface area contributed by atoms with Gasteiger partial charge in [0.05, 0.1) is 19.4 Å². The normalized spacial score (nSPS) is 10.0. The monoisotopic (exact) mass is 238 g/mol. The molecule has 5 nitrogen and oxygen atoms in total. The lowest BCUT2D eigenvalue weighted by Gasteiger charge is -2.08. The third-order valence-electron chi connectivity index (χ3n) is 2.32. The van der Waals surface area contributed by atoms with Crippen molar-refractivity contribution in [3.63, 3.8) is 0 Å². The van der Waals surface area contributed by atoms with Crippen molar-refractivity contribution in [3.05, 3.63) is 23.8 Å². The molecule has 3 N–H and O–H groups in total. The van der Waals surface area contributed by atoms with Gasteiger partial charge < -0.3 is 20.5 Å². The number of amides is 1. The van der Waals surface area contributed by atoms with E-state index in [-0.39, 0.29) is 5.91 Å². The van der Waals surface area contributed by atoms with Crippen molar-refractivity contribution in [2.24, 2.45) is 0 Å². The molecule has 0 fully saturated rings. The smallest absolute Gasteiger partial charge is 0.222 e. The summed E-state index contributed by atoms with van der Waals surface area (Å²) in [6.07, 6.45) is 0.363. The van der Waals surface area contributed by atoms with Crippen LogP contribution in [0.5, 0.6) is 5.75 Å². The molecule has 0 bridgehead atoms. The Kier molecular flexibility index (Phi) is 5.29. The van der Waals surface area contributed by atoms with Crippen molar-refractivity contribution in [2.75, 3.05) is 26.6 Å². The molecular formula is C12H18N2O3. The predicted molar refractivity (Wildman–Crippen MR) is 65.7 cm³/mol. The molecule has 1 amide bonds. The quantitative estimate of drug-likeness (QED) is 0.723. The van der Waals surface area contributed by atoms with Crippen LogP contribution >= 0.6 is 0 Å². The number of carbonyl (C=O) groups is 1. The molecule has 0 saturated heterocycles. The molecule has 0 radical (unpaired) electrons. The average Bonchev–Trinajstić information content (AvgIpc) is 2.34. The zero-order valence-corrected chi connectivity index (χ0v) is 10.2. The average molecular weight is 238 g/mol. The first-order chi connectivity index (χ1) is 8.17. The number of rotatable bonds is 6. The van der Waals surface area contributed by atoms with Crippen LogP contribution in [0.3, 0.4) is 0 Å². The maximum absolute atomic E-state index is 11.3. The summed E-state index contributed by atoms with van der Waals surface area (Å²) in [6.45, 7) is 0.882. The van der Waals surface area contributed by atoms with Crippen molar-refractivity contribution >= 4 is 11.6 Å². The zero-order chi connectivity index (χ0) is 12.7. The van der Waals surface area contributed by atoms with E-state index in [9.17, 15) is 4.79 Å². The van der Waals surface area contributed by atoms with E-state index in [2.05, 4.69) is 5.32 Å². The summed E-state index contributed by atoms with van der Waals surface area (Å²) in [4.78, 5) is 11.3. The van der Waals surface area contributed by atoms with Gasteiger partial charge in [0.2, 0.25) is 5.91 Å². The molecule has 0 heterocycles. The first-order valence-corrected chi connectivity index (χ1v) is 5.35. The SMILES string of the molecule is COCCC(=O)NCc1ccc(OC)c(N)c1. The third kappa shape index (κ3) is 4.32. The first kappa shape index (κ1) is 13.3. The maximum atomic E-state index is 11.3. The number of hydrogen-bond acceptors (Lipinski definition) is 4. The number of hydrogen-bond donors (Lipinski definition) is 2. The number of nitrogens with two attached hydrogens (primary N) is 1. The molecule has 1 aromatic rings. The highest BCUT2D eigenvalue weighted by atomic mass is 16.5. The second-order valence-corrected chi connectivity index (χ2v) is 3.60. The second kappa shape index (κ2) is 6.75. The van der Waals surface area contributed by atoms with Crippen LogP contribution in [0.4, 0.5) is 5.69 Å². The molecule has 17 heavy (non-hydrogen) atoms. The van der Waals surface area contributed by atoms with Gasteiger partial charge in [0.25, 0.3) is 0 Å². The summed E-state index contributed by atoms with van der Waals surface area (Å²) in [6, 6.07) is 5.44. The first-order valence-electron chi connectivity index (χ1n) is 5.35. The molecule has 0 aromatic heterocycles. The molecule has 94 valence electrons. The van der Waals surface area contributed by atoms with E-state index < -0.39 is 0 Å². The van der Waals surface area contributed by atoms with E-state index in [0.717, 1.165) is 5.56 Å². The maximum Gasteiger partial charge on any atom is 0.222 e. The zero-order valence-electron chi connectivity index (χ0n) is 10.2. The Balaban J connectivity index is 2.47. The summed E-state index contributed by atoms with van der Waals surface area (Å²) >= 11 is 0. The predicted octanol–water partition coefficient (Wildman–Crippen LogP) is 0.930. The van der Waals surface area contributed by atoms with Crippen molar-refractivity contribution < 1.29 is 14.3 Å². The van der Waals surface area contributed by atoms with Gasteiger partial charge >= 0.3 is 0 Å². The highest BCUT2D eigenvalue weighted by Crippen LogP contribution is 2.21. The van der Waals surface area contributed by atoms with Crippen LogP contribution in [0.15, 0.2) is 18.2 Å². The van der Waals surface area contributed by atoms with Crippen LogP contribution in [0, 0.1) is 0 Å². The second-order valence-electron chi connectivity index (χ2n) is 3.60. The van der Waals surface area contributed by atoms with E-state index in [1.54, 1.807) is 26.4 Å². The van der Waals surface area contributed by atoms with Crippen molar-refractivity contribution in [1.29, 1.82) is 0 Å². The van der Waals surface area contributed by atoms with Gasteiger partial charge in [-0.1, -0.05) is 6.07 Å². The molecule has 1 rings (SSSR count). The summed E-state index contributed by atoms with van der Waals surface area (Å²) in [5.41, 5.74) is 7.27. The van der Waals surface area contributed by atoms with Crippen molar-refractivity contribution in [2.45, 2.75) is 13.0 Å². The number of nitrogen functional groups attached to an aromatic ring is 1. The minimum absolute atomic E-state index is 0.0405.